The van der Waals surface area contributed by atoms with E-state index >= 15 is 0 Å². The SMILES string of the molecule is CC(C)OCCCN1CCN(CCCCCCCCCCC(=O)N2CCN(C(=O)CC(C)(C)C)CC2)CC1. The zero-order chi connectivity index (χ0) is 27.8. The highest BCUT2D eigenvalue weighted by molar-refractivity contribution is 5.78. The van der Waals surface area contributed by atoms with Crippen molar-refractivity contribution in [1.29, 1.82) is 0 Å². The van der Waals surface area contributed by atoms with Crippen LogP contribution < -0.4 is 0 Å². The van der Waals surface area contributed by atoms with Crippen molar-refractivity contribution < 1.29 is 14.3 Å². The number of carbonyl (C=O) groups excluding carboxylic acids is 2. The van der Waals surface area contributed by atoms with Crippen molar-refractivity contribution in [3.63, 3.8) is 0 Å². The van der Waals surface area contributed by atoms with Crippen LogP contribution in [0.5, 0.6) is 0 Å². The fourth-order valence-electron chi connectivity index (χ4n) is 5.44. The monoisotopic (exact) mass is 536 g/mol. The second kappa shape index (κ2) is 18.2. The van der Waals surface area contributed by atoms with Crippen molar-refractivity contribution in [3.8, 4) is 0 Å². The fraction of sp³-hybridized carbons (Fsp3) is 0.935. The molecule has 2 rings (SSSR count). The summed E-state index contributed by atoms with van der Waals surface area (Å²) in [5.74, 6) is 0.496. The Hall–Kier alpha value is -1.18. The molecule has 0 aliphatic carbocycles. The molecule has 7 nitrogen and oxygen atoms in total. The summed E-state index contributed by atoms with van der Waals surface area (Å²) in [6.07, 6.45) is 12.8. The largest absolute Gasteiger partial charge is 0.379 e. The Kier molecular flexibility index (Phi) is 15.8. The molecule has 222 valence electrons. The van der Waals surface area contributed by atoms with Gasteiger partial charge in [0, 0.05) is 78.4 Å². The summed E-state index contributed by atoms with van der Waals surface area (Å²) in [6.45, 7) is 21.4. The van der Waals surface area contributed by atoms with Crippen LogP contribution in [0.25, 0.3) is 0 Å². The molecule has 0 aromatic heterocycles. The van der Waals surface area contributed by atoms with Crippen LogP contribution in [0.15, 0.2) is 0 Å². The maximum atomic E-state index is 12.6. The third-order valence-corrected chi connectivity index (χ3v) is 7.82. The highest BCUT2D eigenvalue weighted by atomic mass is 16.5. The highest BCUT2D eigenvalue weighted by Crippen LogP contribution is 2.20. The minimum absolute atomic E-state index is 0.0172. The van der Waals surface area contributed by atoms with Gasteiger partial charge in [-0.2, -0.15) is 0 Å². The summed E-state index contributed by atoms with van der Waals surface area (Å²) in [5, 5.41) is 0. The normalized spacial score (nSPS) is 17.9. The lowest BCUT2D eigenvalue weighted by Crippen LogP contribution is -2.51. The van der Waals surface area contributed by atoms with Crippen LogP contribution in [0.3, 0.4) is 0 Å². The molecule has 2 amide bonds. The van der Waals surface area contributed by atoms with Gasteiger partial charge in [0.25, 0.3) is 0 Å². The summed E-state index contributed by atoms with van der Waals surface area (Å²) >= 11 is 0. The van der Waals surface area contributed by atoms with Crippen LogP contribution in [0.4, 0.5) is 0 Å². The lowest BCUT2D eigenvalue weighted by atomic mass is 9.91. The van der Waals surface area contributed by atoms with Gasteiger partial charge in [-0.1, -0.05) is 59.3 Å². The molecular weight excluding hydrogens is 476 g/mol. The quantitative estimate of drug-likeness (QED) is 0.244. The van der Waals surface area contributed by atoms with E-state index in [2.05, 4.69) is 44.4 Å². The van der Waals surface area contributed by atoms with Gasteiger partial charge in [-0.25, -0.2) is 0 Å². The lowest BCUT2D eigenvalue weighted by molar-refractivity contribution is -0.140. The van der Waals surface area contributed by atoms with Crippen LogP contribution in [0, 0.1) is 5.41 Å². The minimum atomic E-state index is 0.0172. The van der Waals surface area contributed by atoms with Gasteiger partial charge in [0.2, 0.25) is 11.8 Å². The predicted octanol–water partition coefficient (Wildman–Crippen LogP) is 5.04. The van der Waals surface area contributed by atoms with Crippen LogP contribution in [0.2, 0.25) is 0 Å². The Balaban J connectivity index is 1.37. The van der Waals surface area contributed by atoms with Crippen LogP contribution in [-0.2, 0) is 14.3 Å². The molecule has 0 N–H and O–H groups in total. The second-order valence-electron chi connectivity index (χ2n) is 13.0. The molecule has 2 fully saturated rings. The average molecular weight is 537 g/mol. The standard InChI is InChI=1S/C31H60N4O3/c1-28(2)38-26-14-17-33-20-18-32(19-21-33)16-13-11-9-7-6-8-10-12-15-29(36)34-22-24-35(25-23-34)30(37)27-31(3,4)5/h28H,6-27H2,1-5H3. The molecule has 0 aromatic carbocycles. The first-order valence-electron chi connectivity index (χ1n) is 15.8. The van der Waals surface area contributed by atoms with E-state index in [0.29, 0.717) is 45.1 Å². The molecule has 2 aliphatic rings. The number of carbonyl (C=O) groups is 2. The van der Waals surface area contributed by atoms with Crippen molar-refractivity contribution in [2.45, 2.75) is 111 Å². The Bertz CT molecular complexity index is 648. The average Bonchev–Trinajstić information content (AvgIpc) is 2.87. The Morgan fingerprint density at radius 2 is 1.08 bits per heavy atom. The van der Waals surface area contributed by atoms with Gasteiger partial charge in [-0.15, -0.1) is 0 Å². The van der Waals surface area contributed by atoms with Crippen molar-refractivity contribution in [1.82, 2.24) is 19.6 Å². The molecule has 38 heavy (non-hydrogen) atoms. The van der Waals surface area contributed by atoms with E-state index in [9.17, 15) is 9.59 Å². The predicted molar refractivity (Wildman–Crippen MR) is 157 cm³/mol. The van der Waals surface area contributed by atoms with Gasteiger partial charge >= 0.3 is 0 Å². The van der Waals surface area contributed by atoms with E-state index in [1.54, 1.807) is 0 Å². The first kappa shape index (κ1) is 33.0. The minimum Gasteiger partial charge on any atom is -0.379 e. The van der Waals surface area contributed by atoms with E-state index < -0.39 is 0 Å². The first-order chi connectivity index (χ1) is 18.1. The summed E-state index contributed by atoms with van der Waals surface area (Å²) in [5.41, 5.74) is 0.0172. The molecular formula is C31H60N4O3. The zero-order valence-corrected chi connectivity index (χ0v) is 25.6. The number of unbranched alkanes of at least 4 members (excludes halogenated alkanes) is 7. The summed E-state index contributed by atoms with van der Waals surface area (Å²) in [4.78, 5) is 34.1. The lowest BCUT2D eigenvalue weighted by Gasteiger charge is -2.36. The summed E-state index contributed by atoms with van der Waals surface area (Å²) in [7, 11) is 0. The van der Waals surface area contributed by atoms with Crippen molar-refractivity contribution in [2.75, 3.05) is 72.1 Å². The zero-order valence-electron chi connectivity index (χ0n) is 25.6. The number of piperazine rings is 2. The second-order valence-corrected chi connectivity index (χ2v) is 13.0. The van der Waals surface area contributed by atoms with Gasteiger partial charge in [0.15, 0.2) is 0 Å². The van der Waals surface area contributed by atoms with E-state index in [1.165, 1.54) is 77.8 Å². The fourth-order valence-corrected chi connectivity index (χ4v) is 5.44. The molecule has 2 aliphatic heterocycles. The first-order valence-corrected chi connectivity index (χ1v) is 15.8. The summed E-state index contributed by atoms with van der Waals surface area (Å²) in [6, 6.07) is 0. The molecule has 7 heteroatoms. The third-order valence-electron chi connectivity index (χ3n) is 7.82. The van der Waals surface area contributed by atoms with E-state index in [0.717, 1.165) is 25.9 Å². The van der Waals surface area contributed by atoms with Gasteiger partial charge in [0.1, 0.15) is 0 Å². The maximum Gasteiger partial charge on any atom is 0.223 e. The molecule has 0 bridgehead atoms. The Morgan fingerprint density at radius 1 is 0.632 bits per heavy atom. The van der Waals surface area contributed by atoms with Crippen LogP contribution in [0.1, 0.15) is 105 Å². The number of amides is 2. The number of hydrogen-bond donors (Lipinski definition) is 0. The molecule has 0 saturated carbocycles. The molecule has 0 spiro atoms. The number of hydrogen-bond acceptors (Lipinski definition) is 5. The Labute approximate surface area is 234 Å². The van der Waals surface area contributed by atoms with Gasteiger partial charge in [0.05, 0.1) is 6.10 Å². The van der Waals surface area contributed by atoms with Gasteiger partial charge in [-0.3, -0.25) is 9.59 Å². The molecule has 0 aromatic rings. The van der Waals surface area contributed by atoms with E-state index in [1.807, 2.05) is 9.80 Å². The molecule has 2 saturated heterocycles. The molecule has 0 unspecified atom stereocenters. The van der Waals surface area contributed by atoms with Gasteiger partial charge < -0.3 is 24.3 Å². The third kappa shape index (κ3) is 14.8. The summed E-state index contributed by atoms with van der Waals surface area (Å²) < 4.78 is 5.66. The maximum absolute atomic E-state index is 12.6. The number of rotatable bonds is 17. The van der Waals surface area contributed by atoms with Crippen molar-refractivity contribution in [3.05, 3.63) is 0 Å². The topological polar surface area (TPSA) is 56.3 Å². The highest BCUT2D eigenvalue weighted by Gasteiger charge is 2.26. The Morgan fingerprint density at radius 3 is 1.58 bits per heavy atom. The van der Waals surface area contributed by atoms with Gasteiger partial charge in [-0.05, 0) is 45.1 Å². The van der Waals surface area contributed by atoms with Crippen molar-refractivity contribution >= 4 is 11.8 Å². The van der Waals surface area contributed by atoms with Crippen LogP contribution in [-0.4, -0.2) is 110 Å². The number of ether oxygens (including phenoxy) is 1. The smallest absolute Gasteiger partial charge is 0.223 e. The number of nitrogens with zero attached hydrogens (tertiary/aromatic N) is 4. The van der Waals surface area contributed by atoms with Crippen molar-refractivity contribution in [2.24, 2.45) is 5.41 Å². The molecule has 0 radical (unpaired) electrons. The van der Waals surface area contributed by atoms with E-state index in [-0.39, 0.29) is 17.2 Å². The van der Waals surface area contributed by atoms with E-state index in [4.69, 9.17) is 4.74 Å². The van der Waals surface area contributed by atoms with Crippen LogP contribution >= 0.6 is 0 Å². The molecule has 2 heterocycles. The molecule has 0 atom stereocenters.